The van der Waals surface area contributed by atoms with Crippen LogP contribution in [0.1, 0.15) is 389 Å². The Labute approximate surface area is 488 Å². The first kappa shape index (κ1) is 74.5. The zero-order chi connectivity index (χ0) is 54.3. The van der Waals surface area contributed by atoms with E-state index in [1.54, 1.807) is 0 Å². The molecule has 0 N–H and O–H groups in total. The molecule has 0 amide bonds. The third kappa shape index (κ3) is 49.5. The van der Waals surface area contributed by atoms with Crippen LogP contribution in [0.2, 0.25) is 4.44 Å². The molecule has 0 aromatic rings. The van der Waals surface area contributed by atoms with E-state index in [-0.39, 0.29) is 17.8 Å². The molecule has 0 fully saturated rings. The van der Waals surface area contributed by atoms with Crippen LogP contribution in [0.25, 0.3) is 0 Å². The molecule has 0 spiro atoms. The zero-order valence-corrected chi connectivity index (χ0v) is 56.7. The van der Waals surface area contributed by atoms with E-state index in [2.05, 4.69) is 48.5 Å². The van der Waals surface area contributed by atoms with Crippen LogP contribution in [0.5, 0.6) is 0 Å². The predicted octanol–water partition coefficient (Wildman–Crippen LogP) is 25.6. The van der Waals surface area contributed by atoms with Gasteiger partial charge in [0, 0.05) is 0 Å². The van der Waals surface area contributed by atoms with Crippen molar-refractivity contribution in [3.8, 4) is 0 Å². The molecule has 0 aliphatic heterocycles. The number of thiocarbonyl (C=S) groups is 3. The summed E-state index contributed by atoms with van der Waals surface area (Å²) in [6, 6.07) is 0. The minimum absolute atomic E-state index is 0.175. The zero-order valence-electron chi connectivity index (χ0n) is 51.4. The summed E-state index contributed by atoms with van der Waals surface area (Å²) < 4.78 is 21.8. The van der Waals surface area contributed by atoms with Crippen LogP contribution in [0.3, 0.4) is 0 Å². The normalized spacial score (nSPS) is 13.7. The molecule has 7 heteroatoms. The Hall–Kier alpha value is 0.469. The average molecular weight is 1200 g/mol. The van der Waals surface area contributed by atoms with E-state index in [0.717, 1.165) is 36.5 Å². The van der Waals surface area contributed by atoms with Gasteiger partial charge in [0.05, 0.1) is 0 Å². The fourth-order valence-corrected chi connectivity index (χ4v) is 21.5. The van der Waals surface area contributed by atoms with Crippen LogP contribution in [0.4, 0.5) is 0 Å². The van der Waals surface area contributed by atoms with Crippen molar-refractivity contribution in [1.82, 2.24) is 0 Å². The Bertz CT molecular complexity index is 1060. The van der Waals surface area contributed by atoms with Gasteiger partial charge in [-0.2, -0.15) is 0 Å². The van der Waals surface area contributed by atoms with Gasteiger partial charge in [0.25, 0.3) is 0 Å². The fourth-order valence-electron chi connectivity index (χ4n) is 10.7. The number of rotatable bonds is 60. The molecule has 0 heterocycles. The predicted molar refractivity (Wildman–Crippen MR) is 346 cm³/mol. The van der Waals surface area contributed by atoms with Crippen LogP contribution < -0.4 is 0 Å². The second kappa shape index (κ2) is 58.1. The smallest absolute Gasteiger partial charge is 0.0654 e. The van der Waals surface area contributed by atoms with Gasteiger partial charge in [-0.05, 0) is 0 Å². The summed E-state index contributed by atoms with van der Waals surface area (Å²) >= 11 is 14.1. The van der Waals surface area contributed by atoms with Crippen molar-refractivity contribution in [2.24, 2.45) is 17.8 Å². The van der Waals surface area contributed by atoms with Crippen LogP contribution in [-0.2, 0) is 9.22 Å². The minimum atomic E-state index is -4.41. The Kier molecular flexibility index (Phi) is 58.5. The molecule has 0 aromatic heterocycles. The van der Waals surface area contributed by atoms with Gasteiger partial charge in [-0.25, -0.2) is 0 Å². The molecule has 0 saturated carbocycles. The van der Waals surface area contributed by atoms with Crippen LogP contribution in [0, 0.1) is 17.8 Å². The Balaban J connectivity index is 5.04. The molecule has 74 heavy (non-hydrogen) atoms. The molecular weight excluding hydrogens is 1070 g/mol. The number of hydrogen-bond acceptors (Lipinski definition) is 6. The van der Waals surface area contributed by atoms with Crippen molar-refractivity contribution in [2.75, 3.05) is 0 Å². The van der Waals surface area contributed by atoms with Gasteiger partial charge in [-0.3, -0.25) is 0 Å². The van der Waals surface area contributed by atoms with E-state index in [1.165, 1.54) is 308 Å². The maximum absolute atomic E-state index is 7.01. The van der Waals surface area contributed by atoms with E-state index < -0.39 is 19.6 Å². The molecule has 0 aliphatic rings. The van der Waals surface area contributed by atoms with Crippen LogP contribution >= 0.6 is 36.7 Å². The molecule has 3 atom stereocenters. The van der Waals surface area contributed by atoms with Gasteiger partial charge >= 0.3 is 317 Å². The molecule has 0 radical (unpaired) electrons. The SMILES string of the molecule is CCCCCCCCCCCCCCCCCCC(C)C(=S)[O][Sn]([CH2]CCC)([O]C(=S)C(C)CCCCCCCCCCCCCCCCCC)[O]C(=S)C(C)CCCCCCCCCCCCCCCCCC. The molecule has 3 nitrogen and oxygen atoms in total. The van der Waals surface area contributed by atoms with Gasteiger partial charge in [-0.1, -0.05) is 175 Å². The van der Waals surface area contributed by atoms with Gasteiger partial charge in [0.1, 0.15) is 0 Å². The summed E-state index contributed by atoms with van der Waals surface area (Å²) in [5.41, 5.74) is 0. The van der Waals surface area contributed by atoms with Crippen molar-refractivity contribution in [3.63, 3.8) is 0 Å². The topological polar surface area (TPSA) is 27.7 Å². The molecule has 0 aliphatic carbocycles. The quantitative estimate of drug-likeness (QED) is 0.0342. The first-order valence-corrected chi connectivity index (χ1v) is 40.6. The summed E-state index contributed by atoms with van der Waals surface area (Å²) in [5, 5.41) is 2.00. The van der Waals surface area contributed by atoms with E-state index in [0.29, 0.717) is 15.2 Å². The first-order chi connectivity index (χ1) is 36.2. The molecule has 440 valence electrons. The van der Waals surface area contributed by atoms with E-state index in [9.17, 15) is 0 Å². The monoisotopic (exact) mass is 1200 g/mol. The van der Waals surface area contributed by atoms with E-state index in [1.807, 2.05) is 0 Å². The molecular formula is C67H132O3S3Sn. The Morgan fingerprint density at radius 3 is 0.554 bits per heavy atom. The van der Waals surface area contributed by atoms with Crippen molar-refractivity contribution in [2.45, 2.75) is 393 Å². The minimum Gasteiger partial charge on any atom is -0.0654 e. The van der Waals surface area contributed by atoms with Crippen LogP contribution in [-0.4, -0.2) is 34.8 Å². The molecule has 0 aromatic carbocycles. The Morgan fingerprint density at radius 1 is 0.243 bits per heavy atom. The van der Waals surface area contributed by atoms with Gasteiger partial charge in [0.15, 0.2) is 0 Å². The second-order valence-electron chi connectivity index (χ2n) is 24.0. The van der Waals surface area contributed by atoms with E-state index >= 15 is 0 Å². The second-order valence-corrected chi connectivity index (χ2v) is 32.3. The van der Waals surface area contributed by atoms with E-state index in [4.69, 9.17) is 45.9 Å². The first-order valence-electron chi connectivity index (χ1n) is 33.8. The Morgan fingerprint density at radius 2 is 0.392 bits per heavy atom. The molecule has 3 unspecified atom stereocenters. The van der Waals surface area contributed by atoms with Gasteiger partial charge < -0.3 is 0 Å². The van der Waals surface area contributed by atoms with Gasteiger partial charge in [0.2, 0.25) is 0 Å². The van der Waals surface area contributed by atoms with Crippen molar-refractivity contribution in [3.05, 3.63) is 0 Å². The standard InChI is InChI=1S/3C21H42OS.C4H9.Sn/c3*1-3-4-5-6-7-8-9-10-11-12-13-14-15-16-17-18-19-20(2)21(22)23;1-3-4-2;/h3*20H,3-19H2,1-2H3,(H,22,23);1,3-4H2,2H3;/q;;;;+3/p-3. The average Bonchev–Trinajstić information content (AvgIpc) is 3.39. The van der Waals surface area contributed by atoms with Crippen molar-refractivity contribution >= 4 is 71.4 Å². The summed E-state index contributed by atoms with van der Waals surface area (Å²) in [7, 11) is 0. The summed E-state index contributed by atoms with van der Waals surface area (Å²) in [5.74, 6) is 0.524. The maximum atomic E-state index is 7.01. The molecule has 0 saturated heterocycles. The number of hydrogen-bond donors (Lipinski definition) is 0. The number of unbranched alkanes of at least 4 members (excludes halogenated alkanes) is 46. The van der Waals surface area contributed by atoms with Crippen LogP contribution in [0.15, 0.2) is 0 Å². The molecule has 0 rings (SSSR count). The summed E-state index contributed by atoms with van der Waals surface area (Å²) in [4.78, 5) is 0. The summed E-state index contributed by atoms with van der Waals surface area (Å²) in [6.45, 7) is 15.9. The van der Waals surface area contributed by atoms with Crippen molar-refractivity contribution < 1.29 is 9.22 Å². The van der Waals surface area contributed by atoms with Crippen molar-refractivity contribution in [1.29, 1.82) is 0 Å². The van der Waals surface area contributed by atoms with Gasteiger partial charge in [-0.15, -0.1) is 0 Å². The molecule has 0 bridgehead atoms. The third-order valence-electron chi connectivity index (χ3n) is 16.3. The third-order valence-corrected chi connectivity index (χ3v) is 26.3. The fraction of sp³-hybridized carbons (Fsp3) is 0.955. The summed E-state index contributed by atoms with van der Waals surface area (Å²) in [6.07, 6.45) is 71.6.